The fourth-order valence-corrected chi connectivity index (χ4v) is 18.1. The molecule has 0 radical (unpaired) electrons. The Bertz CT molecular complexity index is 7050. The van der Waals surface area contributed by atoms with Crippen molar-refractivity contribution in [2.24, 2.45) is 14.1 Å². The normalized spacial score (nSPS) is 12.1. The summed E-state index contributed by atoms with van der Waals surface area (Å²) in [6, 6.07) is 101. The summed E-state index contributed by atoms with van der Waals surface area (Å²) in [5, 5.41) is 26.4. The number of nitrogens with zero attached hydrogens (tertiary/aromatic N) is 6. The van der Waals surface area contributed by atoms with Crippen LogP contribution in [-0.4, -0.2) is 98.8 Å². The van der Waals surface area contributed by atoms with Crippen LogP contribution in [0.4, 0.5) is 0 Å². The highest BCUT2D eigenvalue weighted by Gasteiger charge is 2.30. The Hall–Kier alpha value is -16.0. The largest absolute Gasteiger partial charge is 0.360 e. The Kier molecular flexibility index (Phi) is 30.2. The first-order valence-electron chi connectivity index (χ1n) is 47.1. The van der Waals surface area contributed by atoms with E-state index in [2.05, 4.69) is 236 Å². The number of fused-ring (bicyclic) bond motifs is 4. The lowest BCUT2D eigenvalue weighted by atomic mass is 9.94. The maximum absolute atomic E-state index is 13.9. The van der Waals surface area contributed by atoms with Crippen LogP contribution in [0.5, 0.6) is 0 Å². The van der Waals surface area contributed by atoms with E-state index < -0.39 is 24.2 Å². The molecule has 0 aliphatic heterocycles. The van der Waals surface area contributed by atoms with Crippen LogP contribution in [0.25, 0.3) is 88.1 Å². The molecule has 0 amide bonds. The maximum atomic E-state index is 13.9. The van der Waals surface area contributed by atoms with E-state index in [0.717, 1.165) is 147 Å². The number of ketones is 4. The lowest BCUT2D eigenvalue weighted by Crippen LogP contribution is -2.30. The van der Waals surface area contributed by atoms with Crippen LogP contribution < -0.4 is 21.3 Å². The van der Waals surface area contributed by atoms with Gasteiger partial charge in [-0.3, -0.25) is 38.5 Å². The summed E-state index contributed by atoms with van der Waals surface area (Å²) in [5.41, 5.74) is 31.6. The molecule has 0 saturated carbocycles. The summed E-state index contributed by atoms with van der Waals surface area (Å²) in [5.74, 6) is 0.274. The molecule has 12 aromatic carbocycles. The summed E-state index contributed by atoms with van der Waals surface area (Å²) in [6.45, 7) is 15.4. The minimum atomic E-state index is -0.416. The number of H-pyrrole nitrogens is 4. The van der Waals surface area contributed by atoms with Gasteiger partial charge in [0.15, 0.2) is 23.1 Å². The van der Waals surface area contributed by atoms with Crippen molar-refractivity contribution in [3.8, 4) is 44.5 Å². The van der Waals surface area contributed by atoms with Crippen LogP contribution in [-0.2, 0) is 39.8 Å². The van der Waals surface area contributed by atoms with E-state index in [9.17, 15) is 19.2 Å². The van der Waals surface area contributed by atoms with Crippen LogP contribution in [0, 0.1) is 41.5 Å². The van der Waals surface area contributed by atoms with Crippen LogP contribution in [0.1, 0.15) is 143 Å². The standard InChI is InChI=1S/2C31H29N3O.2C29H28N4O/c2*1-21-8-10-23(11-9-21)14-19-33-30(25-6-4-3-5-7-25)31(35)28-20-34-29-22(2)26(12-13-27(28)29)24-15-17-32-18-16-24;2*1-20-8-10-21(11-9-20)14-15-30-28(22-6-4-3-5-7-22)29(34)26-18-31-27-16-23(12-13-25(26)27)24-17-32-33(2)19-24/h2*3-13,15-18,20,30,33-34H,14,19H2,1-2H3;2*3-13,16-19,28,30-31H,14-15H2,1-2H3/t2*30-;2*28-/m1010/s1. The SMILES string of the molecule is Cc1ccc(CCN[C@@H](C(=O)c2c[nH]c3c(C)c(-c4ccncc4)ccc23)c2ccccc2)cc1.Cc1ccc(CCN[C@@H](C(=O)c2c[nH]c3cc(-c4cnn(C)c4)ccc23)c2ccccc2)cc1.Cc1ccc(CCN[C@H](C(=O)c2c[nH]c3c(C)c(-c4ccncc4)ccc23)c2ccccc2)cc1.Cc1ccc(CCN[C@H](C(=O)c2c[nH]c3cc(-c4cnn(C)c4)ccc23)c2ccccc2)cc1. The van der Waals surface area contributed by atoms with Crippen molar-refractivity contribution < 1.29 is 19.2 Å². The minimum Gasteiger partial charge on any atom is -0.360 e. The molecule has 20 rings (SSSR count). The zero-order valence-electron chi connectivity index (χ0n) is 79.1. The highest BCUT2D eigenvalue weighted by molar-refractivity contribution is 6.14. The summed E-state index contributed by atoms with van der Waals surface area (Å²) >= 11 is 0. The van der Waals surface area contributed by atoms with E-state index in [-0.39, 0.29) is 23.1 Å². The van der Waals surface area contributed by atoms with E-state index in [0.29, 0.717) is 48.4 Å². The molecule has 0 bridgehead atoms. The average molecular weight is 1820 g/mol. The number of pyridine rings is 2. The van der Waals surface area contributed by atoms with E-state index in [1.165, 1.54) is 44.5 Å². The molecule has 18 nitrogen and oxygen atoms in total. The highest BCUT2D eigenvalue weighted by atomic mass is 16.1. The van der Waals surface area contributed by atoms with Crippen LogP contribution in [0.15, 0.2) is 378 Å². The number of nitrogens with one attached hydrogen (secondary N) is 8. The lowest BCUT2D eigenvalue weighted by Gasteiger charge is -2.18. The number of aromatic nitrogens is 10. The van der Waals surface area contributed by atoms with Gasteiger partial charge in [-0.15, -0.1) is 0 Å². The van der Waals surface area contributed by atoms with Gasteiger partial charge in [0.2, 0.25) is 0 Å². The smallest absolute Gasteiger partial charge is 0.186 e. The average Bonchev–Trinajstić information content (AvgIpc) is 1.64. The van der Waals surface area contributed by atoms with E-state index >= 15 is 0 Å². The van der Waals surface area contributed by atoms with Gasteiger partial charge in [-0.1, -0.05) is 289 Å². The Morgan fingerprint density at radius 1 is 0.290 bits per heavy atom. The van der Waals surface area contributed by atoms with Gasteiger partial charge >= 0.3 is 0 Å². The van der Waals surface area contributed by atoms with Crippen molar-refractivity contribution in [1.29, 1.82) is 0 Å². The number of carbonyl (C=O) groups excluding carboxylic acids is 4. The third-order valence-corrected chi connectivity index (χ3v) is 25.8. The quantitative estimate of drug-likeness (QED) is 0.0184. The van der Waals surface area contributed by atoms with Gasteiger partial charge in [-0.05, 0) is 193 Å². The van der Waals surface area contributed by atoms with Crippen molar-refractivity contribution >= 4 is 66.7 Å². The van der Waals surface area contributed by atoms with Gasteiger partial charge in [0.1, 0.15) is 0 Å². The zero-order valence-corrected chi connectivity index (χ0v) is 79.1. The molecule has 18 heteroatoms. The van der Waals surface area contributed by atoms with Crippen LogP contribution in [0.3, 0.4) is 0 Å². The Labute approximate surface area is 805 Å². The Balaban J connectivity index is 0.000000127. The fourth-order valence-electron chi connectivity index (χ4n) is 18.1. The summed E-state index contributed by atoms with van der Waals surface area (Å²) < 4.78 is 3.58. The molecule has 0 unspecified atom stereocenters. The predicted octanol–water partition coefficient (Wildman–Crippen LogP) is 24.5. The van der Waals surface area contributed by atoms with Gasteiger partial charge in [0.05, 0.1) is 36.6 Å². The topological polar surface area (TPSA) is 241 Å². The van der Waals surface area contributed by atoms with Gasteiger partial charge < -0.3 is 41.2 Å². The molecule has 8 N–H and O–H groups in total. The fraction of sp³-hybridized carbons (Fsp3) is 0.167. The van der Waals surface area contributed by atoms with Crippen molar-refractivity contribution in [1.82, 2.24) is 70.7 Å². The molecule has 4 atom stereocenters. The summed E-state index contributed by atoms with van der Waals surface area (Å²) in [4.78, 5) is 76.9. The van der Waals surface area contributed by atoms with Gasteiger partial charge in [0.25, 0.3) is 0 Å². The first kappa shape index (κ1) is 93.8. The molecule has 0 saturated heterocycles. The van der Waals surface area contributed by atoms with E-state index in [1.807, 2.05) is 234 Å². The van der Waals surface area contributed by atoms with Gasteiger partial charge in [0, 0.05) is 179 Å². The Morgan fingerprint density at radius 2 is 0.558 bits per heavy atom. The second-order valence-corrected chi connectivity index (χ2v) is 35.5. The molecule has 0 spiro atoms. The molecule has 0 aliphatic rings. The van der Waals surface area contributed by atoms with Crippen molar-refractivity contribution in [2.45, 2.75) is 91.4 Å². The molecule has 0 fully saturated rings. The maximum Gasteiger partial charge on any atom is 0.186 e. The van der Waals surface area contributed by atoms with Crippen molar-refractivity contribution in [2.75, 3.05) is 26.2 Å². The second-order valence-electron chi connectivity index (χ2n) is 35.5. The lowest BCUT2D eigenvalue weighted by molar-refractivity contribution is 0.0937. The summed E-state index contributed by atoms with van der Waals surface area (Å²) in [7, 11) is 3.81. The monoisotopic (exact) mass is 1810 g/mol. The molecule has 20 aromatic rings. The third kappa shape index (κ3) is 22.7. The number of rotatable bonds is 32. The molecule has 688 valence electrons. The van der Waals surface area contributed by atoms with E-state index in [4.69, 9.17) is 0 Å². The highest BCUT2D eigenvalue weighted by Crippen LogP contribution is 2.38. The third-order valence-electron chi connectivity index (χ3n) is 25.8. The first-order valence-corrected chi connectivity index (χ1v) is 47.1. The number of aromatic amines is 4. The number of hydrogen-bond donors (Lipinski definition) is 8. The van der Waals surface area contributed by atoms with Gasteiger partial charge in [-0.2, -0.15) is 10.2 Å². The van der Waals surface area contributed by atoms with Crippen molar-refractivity contribution in [3.63, 3.8) is 0 Å². The second kappa shape index (κ2) is 44.5. The number of benzene rings is 12. The number of hydrogen-bond acceptors (Lipinski definition) is 12. The zero-order chi connectivity index (χ0) is 95.4. The van der Waals surface area contributed by atoms with Gasteiger partial charge in [-0.25, -0.2) is 0 Å². The molecule has 8 heterocycles. The molecular weight excluding hydrogens is 1700 g/mol. The van der Waals surface area contributed by atoms with Crippen LogP contribution >= 0.6 is 0 Å². The molecule has 138 heavy (non-hydrogen) atoms. The minimum absolute atomic E-state index is 0.0653. The molecular formula is C120H114N14O4. The number of aryl methyl sites for hydroxylation is 8. The van der Waals surface area contributed by atoms with Crippen molar-refractivity contribution in [3.05, 3.63) is 478 Å². The van der Waals surface area contributed by atoms with E-state index in [1.54, 1.807) is 34.2 Å². The molecule has 0 aliphatic carbocycles. The number of Topliss-reactive ketones (excluding diaryl/α,β-unsaturated/α-hetero) is 4. The summed E-state index contributed by atoms with van der Waals surface area (Å²) in [6.07, 6.45) is 25.7. The number of carbonyl (C=O) groups is 4. The first-order chi connectivity index (χ1) is 67.4. The Morgan fingerprint density at radius 3 is 0.833 bits per heavy atom. The molecule has 8 aromatic heterocycles. The van der Waals surface area contributed by atoms with Crippen LogP contribution in [0.2, 0.25) is 0 Å². The predicted molar refractivity (Wildman–Crippen MR) is 559 cm³/mol.